The van der Waals surface area contributed by atoms with Crippen LogP contribution in [-0.2, 0) is 22.4 Å². The Hall–Kier alpha value is -2.62. The number of rotatable bonds is 4. The van der Waals surface area contributed by atoms with Crippen LogP contribution in [0.5, 0.6) is 0 Å². The number of carbonyl (C=O) groups is 2. The van der Waals surface area contributed by atoms with Crippen LogP contribution in [0.25, 0.3) is 0 Å². The lowest BCUT2D eigenvalue weighted by Crippen LogP contribution is -2.30. The molecule has 0 fully saturated rings. The van der Waals surface area contributed by atoms with Gasteiger partial charge in [0.15, 0.2) is 6.10 Å². The zero-order valence-corrected chi connectivity index (χ0v) is 14.9. The molecule has 1 N–H and O–H groups in total. The average molecular weight is 337 g/mol. The molecule has 1 atom stereocenters. The third-order valence-electron chi connectivity index (χ3n) is 4.72. The number of para-hydroxylation sites is 1. The summed E-state index contributed by atoms with van der Waals surface area (Å²) >= 11 is 0. The van der Waals surface area contributed by atoms with E-state index < -0.39 is 12.1 Å². The number of benzene rings is 2. The number of fused-ring (bicyclic) bond motifs is 1. The zero-order chi connectivity index (χ0) is 18.0. The molecule has 1 amide bonds. The topological polar surface area (TPSA) is 55.4 Å². The van der Waals surface area contributed by atoms with Gasteiger partial charge in [0.1, 0.15) is 0 Å². The van der Waals surface area contributed by atoms with Crippen LogP contribution in [0.1, 0.15) is 46.0 Å². The van der Waals surface area contributed by atoms with E-state index >= 15 is 0 Å². The fraction of sp³-hybridized carbons (Fsp3) is 0.333. The van der Waals surface area contributed by atoms with Crippen molar-refractivity contribution >= 4 is 17.6 Å². The van der Waals surface area contributed by atoms with E-state index in [1.807, 2.05) is 44.2 Å². The molecule has 4 nitrogen and oxygen atoms in total. The smallest absolute Gasteiger partial charge is 0.338 e. The van der Waals surface area contributed by atoms with E-state index in [-0.39, 0.29) is 5.91 Å². The molecule has 25 heavy (non-hydrogen) atoms. The van der Waals surface area contributed by atoms with Gasteiger partial charge in [0.05, 0.1) is 5.56 Å². The monoisotopic (exact) mass is 337 g/mol. The molecule has 2 aromatic rings. The maximum Gasteiger partial charge on any atom is 0.338 e. The number of esters is 1. The van der Waals surface area contributed by atoms with Crippen LogP contribution in [0.4, 0.5) is 5.69 Å². The number of hydrogen-bond donors (Lipinski definition) is 1. The molecule has 0 spiro atoms. The second-order valence-electron chi connectivity index (χ2n) is 6.64. The van der Waals surface area contributed by atoms with E-state index in [1.54, 1.807) is 13.0 Å². The Morgan fingerprint density at radius 2 is 1.72 bits per heavy atom. The molecule has 1 aliphatic carbocycles. The largest absolute Gasteiger partial charge is 0.449 e. The Morgan fingerprint density at radius 3 is 2.44 bits per heavy atom. The van der Waals surface area contributed by atoms with Gasteiger partial charge in [0.25, 0.3) is 5.91 Å². The van der Waals surface area contributed by atoms with Crippen molar-refractivity contribution in [3.05, 3.63) is 64.2 Å². The molecule has 0 aromatic heterocycles. The second kappa shape index (κ2) is 7.09. The van der Waals surface area contributed by atoms with E-state index in [0.717, 1.165) is 36.1 Å². The summed E-state index contributed by atoms with van der Waals surface area (Å²) in [6, 6.07) is 11.5. The summed E-state index contributed by atoms with van der Waals surface area (Å²) in [7, 11) is 0. The van der Waals surface area contributed by atoms with Gasteiger partial charge in [-0.25, -0.2) is 4.79 Å². The van der Waals surface area contributed by atoms with Gasteiger partial charge in [-0.1, -0.05) is 24.3 Å². The number of nitrogens with one attached hydrogen (secondary N) is 1. The standard InChI is InChI=1S/C21H23NO3/c1-13-6-4-7-14(2)19(13)22-20(23)15(3)25-21(24)18-11-10-16-8-5-9-17(16)12-18/h4,6-7,10-12,15H,5,8-9H2,1-3H3,(H,22,23). The third-order valence-corrected chi connectivity index (χ3v) is 4.72. The Kier molecular flexibility index (Phi) is 4.88. The number of hydrogen-bond acceptors (Lipinski definition) is 3. The second-order valence-corrected chi connectivity index (χ2v) is 6.64. The van der Waals surface area contributed by atoms with Crippen molar-refractivity contribution in [3.63, 3.8) is 0 Å². The summed E-state index contributed by atoms with van der Waals surface area (Å²) in [6.07, 6.45) is 2.33. The highest BCUT2D eigenvalue weighted by Gasteiger charge is 2.21. The first kappa shape index (κ1) is 17.2. The minimum absolute atomic E-state index is 0.327. The van der Waals surface area contributed by atoms with Gasteiger partial charge in [0.2, 0.25) is 0 Å². The first-order chi connectivity index (χ1) is 12.0. The van der Waals surface area contributed by atoms with Crippen LogP contribution in [0.2, 0.25) is 0 Å². The van der Waals surface area contributed by atoms with Gasteiger partial charge in [-0.3, -0.25) is 4.79 Å². The third kappa shape index (κ3) is 3.73. The van der Waals surface area contributed by atoms with Gasteiger partial charge in [-0.2, -0.15) is 0 Å². The van der Waals surface area contributed by atoms with Crippen LogP contribution in [0.15, 0.2) is 36.4 Å². The van der Waals surface area contributed by atoms with E-state index in [1.165, 1.54) is 11.1 Å². The van der Waals surface area contributed by atoms with E-state index in [4.69, 9.17) is 4.74 Å². The average Bonchev–Trinajstić information content (AvgIpc) is 3.05. The summed E-state index contributed by atoms with van der Waals surface area (Å²) < 4.78 is 5.36. The maximum atomic E-state index is 12.4. The Balaban J connectivity index is 1.66. The molecule has 1 aliphatic rings. The number of aryl methyl sites for hydroxylation is 4. The zero-order valence-electron chi connectivity index (χ0n) is 14.9. The van der Waals surface area contributed by atoms with Crippen molar-refractivity contribution in [1.29, 1.82) is 0 Å². The van der Waals surface area contributed by atoms with Crippen molar-refractivity contribution in [2.24, 2.45) is 0 Å². The van der Waals surface area contributed by atoms with Crippen molar-refractivity contribution < 1.29 is 14.3 Å². The molecule has 1 unspecified atom stereocenters. The van der Waals surface area contributed by atoms with Crippen LogP contribution in [0, 0.1) is 13.8 Å². The molecule has 0 heterocycles. The highest BCUT2D eigenvalue weighted by Crippen LogP contribution is 2.23. The number of amides is 1. The molecule has 3 rings (SSSR count). The first-order valence-electron chi connectivity index (χ1n) is 8.65. The molecule has 0 bridgehead atoms. The normalized spacial score (nSPS) is 13.9. The lowest BCUT2D eigenvalue weighted by molar-refractivity contribution is -0.123. The molecule has 0 aliphatic heterocycles. The van der Waals surface area contributed by atoms with Gasteiger partial charge in [-0.15, -0.1) is 0 Å². The van der Waals surface area contributed by atoms with Gasteiger partial charge >= 0.3 is 5.97 Å². The minimum Gasteiger partial charge on any atom is -0.449 e. The summed E-state index contributed by atoms with van der Waals surface area (Å²) in [6.45, 7) is 5.46. The molecule has 130 valence electrons. The lowest BCUT2D eigenvalue weighted by atomic mass is 10.1. The van der Waals surface area contributed by atoms with Gasteiger partial charge < -0.3 is 10.1 Å². The van der Waals surface area contributed by atoms with Gasteiger partial charge in [-0.05, 0) is 74.4 Å². The van der Waals surface area contributed by atoms with E-state index in [0.29, 0.717) is 5.56 Å². The van der Waals surface area contributed by atoms with E-state index in [9.17, 15) is 9.59 Å². The first-order valence-corrected chi connectivity index (χ1v) is 8.65. The number of ether oxygens (including phenoxy) is 1. The molecular formula is C21H23NO3. The van der Waals surface area contributed by atoms with Gasteiger partial charge in [0, 0.05) is 5.69 Å². The molecule has 0 saturated heterocycles. The predicted octanol–water partition coefficient (Wildman–Crippen LogP) is 3.98. The van der Waals surface area contributed by atoms with Crippen molar-refractivity contribution in [3.8, 4) is 0 Å². The fourth-order valence-electron chi connectivity index (χ4n) is 3.22. The maximum absolute atomic E-state index is 12.4. The van der Waals surface area contributed by atoms with E-state index in [2.05, 4.69) is 5.32 Å². The highest BCUT2D eigenvalue weighted by atomic mass is 16.5. The molecule has 0 radical (unpaired) electrons. The predicted molar refractivity (Wildman–Crippen MR) is 97.9 cm³/mol. The fourth-order valence-corrected chi connectivity index (χ4v) is 3.22. The van der Waals surface area contributed by atoms with Crippen LogP contribution in [-0.4, -0.2) is 18.0 Å². The summed E-state index contributed by atoms with van der Waals surface area (Å²) in [4.78, 5) is 24.7. The summed E-state index contributed by atoms with van der Waals surface area (Å²) in [5.74, 6) is -0.786. The van der Waals surface area contributed by atoms with Crippen molar-refractivity contribution in [2.75, 3.05) is 5.32 Å². The molecule has 2 aromatic carbocycles. The molecule has 4 heteroatoms. The summed E-state index contributed by atoms with van der Waals surface area (Å²) in [5.41, 5.74) is 5.75. The number of anilines is 1. The lowest BCUT2D eigenvalue weighted by Gasteiger charge is -2.16. The SMILES string of the molecule is Cc1cccc(C)c1NC(=O)C(C)OC(=O)c1ccc2c(c1)CCC2. The molecular weight excluding hydrogens is 314 g/mol. The van der Waals surface area contributed by atoms with Crippen LogP contribution < -0.4 is 5.32 Å². The summed E-state index contributed by atoms with van der Waals surface area (Å²) in [5, 5.41) is 2.86. The van der Waals surface area contributed by atoms with Crippen LogP contribution >= 0.6 is 0 Å². The Bertz CT molecular complexity index is 806. The highest BCUT2D eigenvalue weighted by molar-refractivity contribution is 5.98. The number of carbonyl (C=O) groups excluding carboxylic acids is 2. The van der Waals surface area contributed by atoms with Crippen molar-refractivity contribution in [2.45, 2.75) is 46.1 Å². The molecule has 0 saturated carbocycles. The Labute approximate surface area is 148 Å². The Morgan fingerprint density at radius 1 is 1.04 bits per heavy atom. The minimum atomic E-state index is -0.861. The quantitative estimate of drug-likeness (QED) is 0.859. The van der Waals surface area contributed by atoms with Crippen molar-refractivity contribution in [1.82, 2.24) is 0 Å². The van der Waals surface area contributed by atoms with Crippen LogP contribution in [0.3, 0.4) is 0 Å².